The van der Waals surface area contributed by atoms with Gasteiger partial charge in [0.15, 0.2) is 0 Å². The zero-order valence-corrected chi connectivity index (χ0v) is 14.0. The molecule has 0 saturated heterocycles. The van der Waals surface area contributed by atoms with Crippen LogP contribution in [0.4, 0.5) is 8.78 Å². The third kappa shape index (κ3) is 5.05. The van der Waals surface area contributed by atoms with Crippen molar-refractivity contribution in [3.8, 4) is 11.5 Å². The Labute approximate surface area is 141 Å². The Morgan fingerprint density at radius 1 is 1.21 bits per heavy atom. The normalized spacial score (nSPS) is 21.1. The van der Waals surface area contributed by atoms with Crippen molar-refractivity contribution in [3.05, 3.63) is 36.9 Å². The molecule has 0 aromatic heterocycles. The number of hydrogen-bond acceptors (Lipinski definition) is 3. The van der Waals surface area contributed by atoms with Crippen molar-refractivity contribution in [2.75, 3.05) is 0 Å². The van der Waals surface area contributed by atoms with Crippen LogP contribution in [0.3, 0.4) is 0 Å². The lowest BCUT2D eigenvalue weighted by atomic mass is 9.79. The van der Waals surface area contributed by atoms with Crippen molar-refractivity contribution in [1.29, 1.82) is 0 Å². The second-order valence-electron chi connectivity index (χ2n) is 6.27. The van der Waals surface area contributed by atoms with E-state index in [0.717, 1.165) is 31.8 Å². The van der Waals surface area contributed by atoms with Gasteiger partial charge in [-0.1, -0.05) is 26.3 Å². The molecule has 1 aliphatic rings. The standard InChI is InChI=1S/C19H24F2O3/c1-3-5-14-6-8-15(9-7-14)19(20,21)24-17-12-10-16(11-13-17)23-18(22)4-2/h4,10-15H,2-3,5-9H2,1H3. The molecule has 3 nitrogen and oxygen atoms in total. The maximum Gasteiger partial charge on any atom is 0.400 e. The van der Waals surface area contributed by atoms with Crippen LogP contribution in [0.1, 0.15) is 45.4 Å². The lowest BCUT2D eigenvalue weighted by Crippen LogP contribution is -2.37. The predicted octanol–water partition coefficient (Wildman–Crippen LogP) is 5.36. The quantitative estimate of drug-likeness (QED) is 0.381. The van der Waals surface area contributed by atoms with Crippen molar-refractivity contribution in [2.45, 2.75) is 51.6 Å². The van der Waals surface area contributed by atoms with Gasteiger partial charge >= 0.3 is 12.1 Å². The molecule has 0 aliphatic heterocycles. The average Bonchev–Trinajstić information content (AvgIpc) is 2.57. The van der Waals surface area contributed by atoms with Gasteiger partial charge in [-0.15, -0.1) is 0 Å². The van der Waals surface area contributed by atoms with Crippen LogP contribution in [-0.4, -0.2) is 12.1 Å². The molecule has 1 aliphatic carbocycles. The molecule has 0 spiro atoms. The van der Waals surface area contributed by atoms with Crippen LogP contribution in [-0.2, 0) is 4.79 Å². The molecule has 0 amide bonds. The Morgan fingerprint density at radius 3 is 2.33 bits per heavy atom. The molecule has 1 aromatic carbocycles. The summed E-state index contributed by atoms with van der Waals surface area (Å²) < 4.78 is 38.5. The number of alkyl halides is 2. The van der Waals surface area contributed by atoms with E-state index in [9.17, 15) is 13.6 Å². The van der Waals surface area contributed by atoms with Crippen LogP contribution in [0.25, 0.3) is 0 Å². The number of carbonyl (C=O) groups is 1. The van der Waals surface area contributed by atoms with Crippen molar-refractivity contribution in [2.24, 2.45) is 11.8 Å². The van der Waals surface area contributed by atoms with E-state index in [4.69, 9.17) is 9.47 Å². The number of rotatable bonds is 7. The topological polar surface area (TPSA) is 35.5 Å². The summed E-state index contributed by atoms with van der Waals surface area (Å²) in [6.07, 6.45) is 2.74. The lowest BCUT2D eigenvalue weighted by molar-refractivity contribution is -0.223. The summed E-state index contributed by atoms with van der Waals surface area (Å²) >= 11 is 0. The van der Waals surface area contributed by atoms with E-state index in [1.807, 2.05) is 0 Å². The maximum atomic E-state index is 14.4. The third-order valence-electron chi connectivity index (χ3n) is 4.48. The van der Waals surface area contributed by atoms with E-state index in [2.05, 4.69) is 13.5 Å². The molecular weight excluding hydrogens is 314 g/mol. The Morgan fingerprint density at radius 2 is 1.79 bits per heavy atom. The Balaban J connectivity index is 1.91. The highest BCUT2D eigenvalue weighted by atomic mass is 19.3. The van der Waals surface area contributed by atoms with Gasteiger partial charge in [0.1, 0.15) is 11.5 Å². The van der Waals surface area contributed by atoms with E-state index < -0.39 is 18.0 Å². The fraction of sp³-hybridized carbons (Fsp3) is 0.526. The first kappa shape index (κ1) is 18.4. The number of ether oxygens (including phenoxy) is 2. The first-order valence-electron chi connectivity index (χ1n) is 8.45. The van der Waals surface area contributed by atoms with Gasteiger partial charge in [0.25, 0.3) is 0 Å². The van der Waals surface area contributed by atoms with E-state index in [-0.39, 0.29) is 11.5 Å². The van der Waals surface area contributed by atoms with Gasteiger partial charge in [-0.25, -0.2) is 4.79 Å². The minimum atomic E-state index is -3.18. The number of benzene rings is 1. The molecule has 0 heterocycles. The average molecular weight is 338 g/mol. The van der Waals surface area contributed by atoms with E-state index in [1.165, 1.54) is 24.3 Å². The number of hydrogen-bond donors (Lipinski definition) is 0. The summed E-state index contributed by atoms with van der Waals surface area (Å²) in [5.41, 5.74) is 0. The van der Waals surface area contributed by atoms with E-state index >= 15 is 0 Å². The highest BCUT2D eigenvalue weighted by molar-refractivity contribution is 5.83. The van der Waals surface area contributed by atoms with Crippen molar-refractivity contribution < 1.29 is 23.0 Å². The zero-order chi connectivity index (χ0) is 17.6. The summed E-state index contributed by atoms with van der Waals surface area (Å²) in [6.45, 7) is 5.42. The van der Waals surface area contributed by atoms with Crippen LogP contribution in [0.2, 0.25) is 0 Å². The molecule has 24 heavy (non-hydrogen) atoms. The molecule has 0 radical (unpaired) electrons. The lowest BCUT2D eigenvalue weighted by Gasteiger charge is -2.33. The highest BCUT2D eigenvalue weighted by Crippen LogP contribution is 2.41. The molecular formula is C19H24F2O3. The minimum absolute atomic E-state index is 0.0640. The molecule has 0 atom stereocenters. The molecule has 0 N–H and O–H groups in total. The minimum Gasteiger partial charge on any atom is -0.432 e. The summed E-state index contributed by atoms with van der Waals surface area (Å²) in [7, 11) is 0. The number of halogens is 2. The van der Waals surface area contributed by atoms with Crippen LogP contribution in [0, 0.1) is 11.8 Å². The fourth-order valence-corrected chi connectivity index (χ4v) is 3.17. The Bertz CT molecular complexity index is 546. The SMILES string of the molecule is C=CC(=O)Oc1ccc(OC(F)(F)C2CCC(CCC)CC2)cc1. The molecule has 2 rings (SSSR count). The number of carbonyl (C=O) groups excluding carboxylic acids is 1. The second kappa shape index (κ2) is 8.27. The molecule has 1 fully saturated rings. The van der Waals surface area contributed by atoms with Crippen molar-refractivity contribution in [3.63, 3.8) is 0 Å². The predicted molar refractivity (Wildman–Crippen MR) is 88.2 cm³/mol. The fourth-order valence-electron chi connectivity index (χ4n) is 3.17. The van der Waals surface area contributed by atoms with Gasteiger partial charge < -0.3 is 9.47 Å². The van der Waals surface area contributed by atoms with E-state index in [0.29, 0.717) is 18.8 Å². The van der Waals surface area contributed by atoms with Crippen LogP contribution < -0.4 is 9.47 Å². The molecule has 132 valence electrons. The van der Waals surface area contributed by atoms with Crippen LogP contribution in [0.5, 0.6) is 11.5 Å². The Hall–Kier alpha value is -1.91. The van der Waals surface area contributed by atoms with Gasteiger partial charge in [-0.05, 0) is 55.9 Å². The first-order valence-corrected chi connectivity index (χ1v) is 8.45. The molecule has 1 aromatic rings. The monoisotopic (exact) mass is 338 g/mol. The smallest absolute Gasteiger partial charge is 0.400 e. The summed E-state index contributed by atoms with van der Waals surface area (Å²) in [4.78, 5) is 11.1. The second-order valence-corrected chi connectivity index (χ2v) is 6.27. The largest absolute Gasteiger partial charge is 0.432 e. The van der Waals surface area contributed by atoms with Crippen LogP contribution >= 0.6 is 0 Å². The first-order chi connectivity index (χ1) is 11.4. The summed E-state index contributed by atoms with van der Waals surface area (Å²) in [6, 6.07) is 5.60. The van der Waals surface area contributed by atoms with Crippen molar-refractivity contribution in [1.82, 2.24) is 0 Å². The van der Waals surface area contributed by atoms with Crippen molar-refractivity contribution >= 4 is 5.97 Å². The van der Waals surface area contributed by atoms with Gasteiger partial charge in [0, 0.05) is 6.08 Å². The van der Waals surface area contributed by atoms with Crippen LogP contribution in [0.15, 0.2) is 36.9 Å². The molecule has 0 bridgehead atoms. The summed E-state index contributed by atoms with van der Waals surface area (Å²) in [5, 5.41) is 0. The molecule has 5 heteroatoms. The number of esters is 1. The van der Waals surface area contributed by atoms with Gasteiger partial charge in [-0.3, -0.25) is 0 Å². The molecule has 0 unspecified atom stereocenters. The van der Waals surface area contributed by atoms with Gasteiger partial charge in [0.05, 0.1) is 5.92 Å². The zero-order valence-electron chi connectivity index (χ0n) is 14.0. The van der Waals surface area contributed by atoms with Gasteiger partial charge in [-0.2, -0.15) is 8.78 Å². The van der Waals surface area contributed by atoms with E-state index in [1.54, 1.807) is 0 Å². The Kier molecular flexibility index (Phi) is 6.35. The summed E-state index contributed by atoms with van der Waals surface area (Å²) in [5.74, 6) is -0.452. The molecule has 1 saturated carbocycles. The van der Waals surface area contributed by atoms with Gasteiger partial charge in [0.2, 0.25) is 0 Å². The maximum absolute atomic E-state index is 14.4. The third-order valence-corrected chi connectivity index (χ3v) is 4.48. The highest BCUT2D eigenvalue weighted by Gasteiger charge is 2.43.